The number of hydrogen-bond donors (Lipinski definition) is 9. The van der Waals surface area contributed by atoms with Crippen molar-refractivity contribution in [3.63, 3.8) is 0 Å². The Labute approximate surface area is 232 Å². The van der Waals surface area contributed by atoms with Crippen molar-refractivity contribution in [3.8, 4) is 0 Å². The number of guanidine groups is 1. The van der Waals surface area contributed by atoms with Gasteiger partial charge in [0.15, 0.2) is 5.96 Å². The Morgan fingerprint density at radius 2 is 1.64 bits per heavy atom. The van der Waals surface area contributed by atoms with Crippen LogP contribution in [0.25, 0.3) is 0 Å². The van der Waals surface area contributed by atoms with Crippen molar-refractivity contribution in [2.75, 3.05) is 25.1 Å². The summed E-state index contributed by atoms with van der Waals surface area (Å²) in [4.78, 5) is 61.2. The molecular weight excluding hydrogens is 528 g/mol. The van der Waals surface area contributed by atoms with Gasteiger partial charge in [-0.2, -0.15) is 11.8 Å². The monoisotopic (exact) mass is 570 g/mol. The highest BCUT2D eigenvalue weighted by molar-refractivity contribution is 7.98. The average molecular weight is 571 g/mol. The van der Waals surface area contributed by atoms with Gasteiger partial charge >= 0.3 is 5.97 Å². The van der Waals surface area contributed by atoms with Gasteiger partial charge in [-0.15, -0.1) is 0 Å². The first kappa shape index (κ1) is 33.7. The van der Waals surface area contributed by atoms with Crippen LogP contribution in [0.1, 0.15) is 44.2 Å². The van der Waals surface area contributed by atoms with Gasteiger partial charge in [-0.25, -0.2) is 9.78 Å². The number of carbonyl (C=O) groups excluding carboxylic acids is 3. The van der Waals surface area contributed by atoms with E-state index in [2.05, 4.69) is 30.9 Å². The molecule has 0 saturated carbocycles. The third-order valence-electron chi connectivity index (χ3n) is 5.72. The standard InChI is InChI=1S/C23H42N10O5S/c1-39-10-7-17(21(36)33-18(22(37)38)11-14-12-28-13-30-14)32-20(35)16(6-2-3-8-24)31-19(34)15(25)5-4-9-29-23(26)27/h12-13,15-18H,2-11,24-25H2,1H3,(H,28,30)(H,31,34)(H,32,35)(H,33,36)(H,37,38)(H4,26,27,29). The van der Waals surface area contributed by atoms with Gasteiger partial charge in [0.2, 0.25) is 17.7 Å². The molecule has 16 heteroatoms. The van der Waals surface area contributed by atoms with E-state index in [0.717, 1.165) is 0 Å². The Balaban J connectivity index is 2.90. The second-order valence-electron chi connectivity index (χ2n) is 8.92. The van der Waals surface area contributed by atoms with Gasteiger partial charge < -0.3 is 49.0 Å². The van der Waals surface area contributed by atoms with Crippen LogP contribution in [-0.2, 0) is 25.6 Å². The van der Waals surface area contributed by atoms with Gasteiger partial charge in [-0.1, -0.05) is 0 Å². The molecule has 0 aromatic carbocycles. The molecule has 0 aliphatic carbocycles. The number of aliphatic imine (C=N–C) groups is 1. The van der Waals surface area contributed by atoms with E-state index in [-0.39, 0.29) is 25.2 Å². The minimum Gasteiger partial charge on any atom is -0.480 e. The van der Waals surface area contributed by atoms with Crippen molar-refractivity contribution in [1.29, 1.82) is 0 Å². The molecule has 0 aliphatic rings. The molecule has 39 heavy (non-hydrogen) atoms. The van der Waals surface area contributed by atoms with Gasteiger partial charge in [0.05, 0.1) is 12.4 Å². The lowest BCUT2D eigenvalue weighted by Crippen LogP contribution is -2.57. The summed E-state index contributed by atoms with van der Waals surface area (Å²) in [6, 6.07) is -4.10. The third-order valence-corrected chi connectivity index (χ3v) is 6.37. The van der Waals surface area contributed by atoms with Crippen LogP contribution in [0.15, 0.2) is 17.5 Å². The van der Waals surface area contributed by atoms with E-state index in [1.165, 1.54) is 24.3 Å². The summed E-state index contributed by atoms with van der Waals surface area (Å²) >= 11 is 1.47. The summed E-state index contributed by atoms with van der Waals surface area (Å²) in [7, 11) is 0. The van der Waals surface area contributed by atoms with Crippen LogP contribution < -0.4 is 38.9 Å². The van der Waals surface area contributed by atoms with Crippen LogP contribution in [0.2, 0.25) is 0 Å². The van der Waals surface area contributed by atoms with Crippen LogP contribution in [0.5, 0.6) is 0 Å². The summed E-state index contributed by atoms with van der Waals surface area (Å²) in [6.45, 7) is 0.728. The fourth-order valence-electron chi connectivity index (χ4n) is 3.56. The highest BCUT2D eigenvalue weighted by atomic mass is 32.2. The molecule has 13 N–H and O–H groups in total. The maximum Gasteiger partial charge on any atom is 0.326 e. The molecule has 1 heterocycles. The Kier molecular flexibility index (Phi) is 16.2. The zero-order valence-electron chi connectivity index (χ0n) is 22.2. The number of carbonyl (C=O) groups is 4. The van der Waals surface area contributed by atoms with Gasteiger partial charge in [0, 0.05) is 24.9 Å². The SMILES string of the molecule is CSCCC(NC(=O)C(CCCCN)NC(=O)C(N)CCCN=C(N)N)C(=O)NC(Cc1cnc[nH]1)C(=O)O. The van der Waals surface area contributed by atoms with Crippen molar-refractivity contribution in [2.45, 2.75) is 69.1 Å². The average Bonchev–Trinajstić information content (AvgIpc) is 3.40. The highest BCUT2D eigenvalue weighted by Gasteiger charge is 2.30. The summed E-state index contributed by atoms with van der Waals surface area (Å²) in [5, 5.41) is 17.4. The number of aromatic amines is 1. The van der Waals surface area contributed by atoms with Gasteiger partial charge in [0.25, 0.3) is 0 Å². The maximum atomic E-state index is 13.2. The van der Waals surface area contributed by atoms with Crippen molar-refractivity contribution < 1.29 is 24.3 Å². The molecule has 0 saturated heterocycles. The molecule has 0 spiro atoms. The first-order chi connectivity index (χ1) is 18.6. The zero-order chi connectivity index (χ0) is 29.2. The first-order valence-electron chi connectivity index (χ1n) is 12.7. The third kappa shape index (κ3) is 13.8. The summed E-state index contributed by atoms with van der Waals surface area (Å²) in [5.74, 6) is -2.50. The number of rotatable bonds is 20. The number of nitrogens with two attached hydrogens (primary N) is 4. The number of hydrogen-bond acceptors (Lipinski definition) is 9. The fraction of sp³-hybridized carbons (Fsp3) is 0.652. The van der Waals surface area contributed by atoms with E-state index in [1.54, 1.807) is 0 Å². The predicted octanol–water partition coefficient (Wildman–Crippen LogP) is -2.25. The van der Waals surface area contributed by atoms with Crippen LogP contribution >= 0.6 is 11.8 Å². The van der Waals surface area contributed by atoms with Gasteiger partial charge in [-0.3, -0.25) is 19.4 Å². The molecule has 4 atom stereocenters. The zero-order valence-corrected chi connectivity index (χ0v) is 23.0. The van der Waals surface area contributed by atoms with E-state index in [1.807, 2.05) is 6.26 Å². The Morgan fingerprint density at radius 1 is 1.00 bits per heavy atom. The molecule has 1 rings (SSSR count). The summed E-state index contributed by atoms with van der Waals surface area (Å²) in [5.41, 5.74) is 22.7. The van der Waals surface area contributed by atoms with E-state index in [9.17, 15) is 24.3 Å². The fourth-order valence-corrected chi connectivity index (χ4v) is 4.03. The van der Waals surface area contributed by atoms with E-state index in [4.69, 9.17) is 22.9 Å². The molecule has 1 aromatic heterocycles. The van der Waals surface area contributed by atoms with Crippen LogP contribution in [0.4, 0.5) is 0 Å². The number of aliphatic carboxylic acids is 1. The minimum atomic E-state index is -1.23. The normalized spacial score (nSPS) is 13.9. The minimum absolute atomic E-state index is 0.0108. The second-order valence-corrected chi connectivity index (χ2v) is 9.91. The number of imidazole rings is 1. The maximum absolute atomic E-state index is 13.2. The summed E-state index contributed by atoms with van der Waals surface area (Å²) < 4.78 is 0. The van der Waals surface area contributed by atoms with E-state index in [0.29, 0.717) is 50.2 Å². The topological polar surface area (TPSA) is 270 Å². The molecule has 4 unspecified atom stereocenters. The van der Waals surface area contributed by atoms with Crippen molar-refractivity contribution in [2.24, 2.45) is 27.9 Å². The van der Waals surface area contributed by atoms with Crippen molar-refractivity contribution in [1.82, 2.24) is 25.9 Å². The quantitative estimate of drug-likeness (QED) is 0.0459. The lowest BCUT2D eigenvalue weighted by molar-refractivity contribution is -0.142. The molecule has 0 bridgehead atoms. The van der Waals surface area contributed by atoms with Crippen LogP contribution in [0.3, 0.4) is 0 Å². The van der Waals surface area contributed by atoms with Crippen molar-refractivity contribution >= 4 is 41.4 Å². The molecular formula is C23H42N10O5S. The van der Waals surface area contributed by atoms with Crippen LogP contribution in [0, 0.1) is 0 Å². The smallest absolute Gasteiger partial charge is 0.326 e. The lowest BCUT2D eigenvalue weighted by Gasteiger charge is -2.25. The van der Waals surface area contributed by atoms with E-state index < -0.39 is 47.9 Å². The molecule has 15 nitrogen and oxygen atoms in total. The van der Waals surface area contributed by atoms with Gasteiger partial charge in [0.1, 0.15) is 18.1 Å². The number of nitrogens with zero attached hydrogens (tertiary/aromatic N) is 2. The largest absolute Gasteiger partial charge is 0.480 e. The molecule has 220 valence electrons. The lowest BCUT2D eigenvalue weighted by atomic mass is 10.1. The number of carboxylic acid groups (broad SMARTS) is 1. The first-order valence-corrected chi connectivity index (χ1v) is 14.1. The molecule has 0 radical (unpaired) electrons. The number of amides is 3. The highest BCUT2D eigenvalue weighted by Crippen LogP contribution is 2.08. The van der Waals surface area contributed by atoms with Gasteiger partial charge in [-0.05, 0) is 57.1 Å². The molecule has 0 aliphatic heterocycles. The number of aromatic nitrogens is 2. The summed E-state index contributed by atoms with van der Waals surface area (Å²) in [6.07, 6.45) is 7.20. The van der Waals surface area contributed by atoms with E-state index >= 15 is 0 Å². The van der Waals surface area contributed by atoms with Crippen molar-refractivity contribution in [3.05, 3.63) is 18.2 Å². The number of carboxylic acids is 1. The molecule has 1 aromatic rings. The predicted molar refractivity (Wildman–Crippen MR) is 150 cm³/mol. The number of unbranched alkanes of at least 4 members (excludes halogenated alkanes) is 1. The van der Waals surface area contributed by atoms with Crippen LogP contribution in [-0.4, -0.2) is 94.0 Å². The number of H-pyrrole nitrogens is 1. The molecule has 0 fully saturated rings. The Bertz CT molecular complexity index is 926. The number of nitrogens with one attached hydrogen (secondary N) is 4. The molecule has 3 amide bonds. The Morgan fingerprint density at radius 3 is 2.21 bits per heavy atom. The number of thioether (sulfide) groups is 1. The Hall–Kier alpha value is -3.37. The second kappa shape index (κ2) is 18.8.